The normalized spacial score (nSPS) is 20.8. The number of hydrogen-bond acceptors (Lipinski definition) is 4. The predicted molar refractivity (Wildman–Crippen MR) is 110 cm³/mol. The van der Waals surface area contributed by atoms with Crippen LogP contribution in [0, 0.1) is 11.9 Å². The first-order valence-corrected chi connectivity index (χ1v) is 12.1. The van der Waals surface area contributed by atoms with E-state index in [0.717, 1.165) is 30.3 Å². The summed E-state index contributed by atoms with van der Waals surface area (Å²) in [4.78, 5) is 8.58. The standard InChI is InChI=1S/C20H33FN2S2/c1-3-5-7-8-10-12-18-22-13-17(19(21)23-18)20-24-14-16(15-25-20)11-9-6-4-2/h13,16,20H,3-12,14-15H2,1-2H3. The van der Waals surface area contributed by atoms with Gasteiger partial charge in [-0.3, -0.25) is 0 Å². The van der Waals surface area contributed by atoms with Crippen LogP contribution in [0.1, 0.15) is 87.6 Å². The molecule has 5 heteroatoms. The molecule has 142 valence electrons. The van der Waals surface area contributed by atoms with Gasteiger partial charge in [0, 0.05) is 18.2 Å². The second-order valence-corrected chi connectivity index (χ2v) is 9.63. The topological polar surface area (TPSA) is 25.8 Å². The van der Waals surface area contributed by atoms with Crippen LogP contribution in [0.3, 0.4) is 0 Å². The summed E-state index contributed by atoms with van der Waals surface area (Å²) in [6.07, 6.45) is 13.8. The molecule has 0 saturated carbocycles. The largest absolute Gasteiger partial charge is 0.241 e. The summed E-state index contributed by atoms with van der Waals surface area (Å²) in [5.74, 6) is 3.43. The molecular formula is C20H33FN2S2. The third-order valence-electron chi connectivity index (χ3n) is 4.76. The van der Waals surface area contributed by atoms with Crippen molar-refractivity contribution in [1.29, 1.82) is 0 Å². The molecule has 1 aromatic rings. The Hall–Kier alpha value is -0.290. The van der Waals surface area contributed by atoms with Crippen molar-refractivity contribution >= 4 is 23.5 Å². The van der Waals surface area contributed by atoms with Crippen molar-refractivity contribution in [3.63, 3.8) is 0 Å². The molecule has 1 aliphatic rings. The molecule has 0 spiro atoms. The Labute approximate surface area is 161 Å². The third-order valence-corrected chi connectivity index (χ3v) is 8.02. The van der Waals surface area contributed by atoms with Crippen molar-refractivity contribution < 1.29 is 4.39 Å². The number of aryl methyl sites for hydroxylation is 1. The lowest BCUT2D eigenvalue weighted by Gasteiger charge is -2.27. The lowest BCUT2D eigenvalue weighted by molar-refractivity contribution is 0.540. The van der Waals surface area contributed by atoms with E-state index in [0.29, 0.717) is 11.4 Å². The van der Waals surface area contributed by atoms with E-state index in [1.807, 2.05) is 23.5 Å². The fourth-order valence-electron chi connectivity index (χ4n) is 3.14. The Morgan fingerprint density at radius 3 is 2.36 bits per heavy atom. The highest BCUT2D eigenvalue weighted by molar-refractivity contribution is 8.16. The van der Waals surface area contributed by atoms with Gasteiger partial charge < -0.3 is 0 Å². The zero-order valence-corrected chi connectivity index (χ0v) is 17.4. The maximum absolute atomic E-state index is 14.4. The summed E-state index contributed by atoms with van der Waals surface area (Å²) >= 11 is 3.74. The van der Waals surface area contributed by atoms with Crippen molar-refractivity contribution in [3.05, 3.63) is 23.5 Å². The molecule has 25 heavy (non-hydrogen) atoms. The van der Waals surface area contributed by atoms with Gasteiger partial charge in [0.1, 0.15) is 5.82 Å². The molecule has 0 unspecified atom stereocenters. The third kappa shape index (κ3) is 7.46. The Balaban J connectivity index is 1.77. The molecule has 2 nitrogen and oxygen atoms in total. The van der Waals surface area contributed by atoms with Crippen LogP contribution in [0.15, 0.2) is 6.20 Å². The average Bonchev–Trinajstić information content (AvgIpc) is 2.63. The van der Waals surface area contributed by atoms with Gasteiger partial charge in [-0.2, -0.15) is 4.39 Å². The Bertz CT molecular complexity index is 491. The minimum atomic E-state index is -0.298. The molecule has 0 amide bonds. The van der Waals surface area contributed by atoms with Crippen LogP contribution in [0.2, 0.25) is 0 Å². The van der Waals surface area contributed by atoms with Crippen molar-refractivity contribution in [2.75, 3.05) is 11.5 Å². The summed E-state index contributed by atoms with van der Waals surface area (Å²) in [5, 5.41) is 0. The van der Waals surface area contributed by atoms with Crippen molar-refractivity contribution in [1.82, 2.24) is 9.97 Å². The maximum Gasteiger partial charge on any atom is 0.221 e. The molecule has 2 heterocycles. The van der Waals surface area contributed by atoms with E-state index in [1.165, 1.54) is 51.4 Å². The zero-order chi connectivity index (χ0) is 17.9. The summed E-state index contributed by atoms with van der Waals surface area (Å²) in [5.41, 5.74) is 0.691. The minimum Gasteiger partial charge on any atom is -0.241 e. The summed E-state index contributed by atoms with van der Waals surface area (Å²) in [7, 11) is 0. The summed E-state index contributed by atoms with van der Waals surface area (Å²) in [6, 6.07) is 0. The summed E-state index contributed by atoms with van der Waals surface area (Å²) in [6.45, 7) is 4.46. The SMILES string of the molecule is CCCCCCCc1ncc(C2SCC(CCCCC)CS2)c(F)n1. The van der Waals surface area contributed by atoms with Gasteiger partial charge in [-0.05, 0) is 30.3 Å². The number of rotatable bonds is 11. The number of unbranched alkanes of at least 4 members (excludes halogenated alkanes) is 6. The first-order valence-electron chi connectivity index (χ1n) is 9.99. The van der Waals surface area contributed by atoms with Crippen LogP contribution in [0.25, 0.3) is 0 Å². The van der Waals surface area contributed by atoms with Crippen LogP contribution in [-0.2, 0) is 6.42 Å². The fourth-order valence-corrected chi connectivity index (χ4v) is 6.29. The minimum absolute atomic E-state index is 0.168. The molecule has 0 N–H and O–H groups in total. The highest BCUT2D eigenvalue weighted by Crippen LogP contribution is 2.46. The second-order valence-electron chi connectivity index (χ2n) is 7.06. The molecule has 0 aromatic carbocycles. The Morgan fingerprint density at radius 1 is 1.00 bits per heavy atom. The Morgan fingerprint density at radius 2 is 1.68 bits per heavy atom. The first-order chi connectivity index (χ1) is 12.2. The Kier molecular flexibility index (Phi) is 10.2. The molecular weight excluding hydrogens is 351 g/mol. The van der Waals surface area contributed by atoms with E-state index >= 15 is 0 Å². The molecule has 1 saturated heterocycles. The molecule has 2 rings (SSSR count). The molecule has 0 radical (unpaired) electrons. The van der Waals surface area contributed by atoms with Crippen LogP contribution in [-0.4, -0.2) is 21.5 Å². The van der Waals surface area contributed by atoms with E-state index in [-0.39, 0.29) is 10.5 Å². The van der Waals surface area contributed by atoms with Crippen molar-refractivity contribution in [2.45, 2.75) is 82.6 Å². The van der Waals surface area contributed by atoms with E-state index in [4.69, 9.17) is 0 Å². The van der Waals surface area contributed by atoms with Crippen molar-refractivity contribution in [3.8, 4) is 0 Å². The average molecular weight is 385 g/mol. The molecule has 1 aromatic heterocycles. The zero-order valence-electron chi connectivity index (χ0n) is 15.8. The van der Waals surface area contributed by atoms with Gasteiger partial charge in [0.2, 0.25) is 5.95 Å². The van der Waals surface area contributed by atoms with E-state index in [2.05, 4.69) is 23.8 Å². The van der Waals surface area contributed by atoms with Crippen molar-refractivity contribution in [2.24, 2.45) is 5.92 Å². The first kappa shape index (κ1) is 21.0. The van der Waals surface area contributed by atoms with Gasteiger partial charge >= 0.3 is 0 Å². The van der Waals surface area contributed by atoms with Gasteiger partial charge in [-0.1, -0.05) is 58.8 Å². The van der Waals surface area contributed by atoms with Gasteiger partial charge in [0.15, 0.2) is 0 Å². The van der Waals surface area contributed by atoms with Crippen LogP contribution in [0.4, 0.5) is 4.39 Å². The van der Waals surface area contributed by atoms with Gasteiger partial charge in [-0.15, -0.1) is 23.5 Å². The molecule has 0 aliphatic carbocycles. The molecule has 0 atom stereocenters. The maximum atomic E-state index is 14.4. The number of hydrogen-bond donors (Lipinski definition) is 0. The summed E-state index contributed by atoms with van der Waals surface area (Å²) < 4.78 is 14.6. The quantitative estimate of drug-likeness (QED) is 0.309. The smallest absolute Gasteiger partial charge is 0.221 e. The number of halogens is 1. The number of aromatic nitrogens is 2. The monoisotopic (exact) mass is 384 g/mol. The van der Waals surface area contributed by atoms with Crippen LogP contribution in [0.5, 0.6) is 0 Å². The van der Waals surface area contributed by atoms with Crippen LogP contribution < -0.4 is 0 Å². The lowest BCUT2D eigenvalue weighted by Crippen LogP contribution is -2.15. The second kappa shape index (κ2) is 12.2. The number of nitrogens with zero attached hydrogens (tertiary/aromatic N) is 2. The molecule has 0 bridgehead atoms. The predicted octanol–water partition coefficient (Wildman–Crippen LogP) is 6.80. The highest BCUT2D eigenvalue weighted by atomic mass is 32.2. The molecule has 1 aliphatic heterocycles. The fraction of sp³-hybridized carbons (Fsp3) is 0.800. The van der Waals surface area contributed by atoms with Crippen LogP contribution >= 0.6 is 23.5 Å². The number of thioether (sulfide) groups is 2. The highest BCUT2D eigenvalue weighted by Gasteiger charge is 2.26. The molecule has 1 fully saturated rings. The van der Waals surface area contributed by atoms with E-state index in [1.54, 1.807) is 6.20 Å². The lowest BCUT2D eigenvalue weighted by atomic mass is 10.1. The van der Waals surface area contributed by atoms with Gasteiger partial charge in [-0.25, -0.2) is 9.97 Å². The van der Waals surface area contributed by atoms with E-state index in [9.17, 15) is 4.39 Å². The van der Waals surface area contributed by atoms with E-state index < -0.39 is 0 Å². The van der Waals surface area contributed by atoms with Gasteiger partial charge in [0.25, 0.3) is 0 Å². The van der Waals surface area contributed by atoms with Gasteiger partial charge in [0.05, 0.1) is 4.58 Å².